The second-order valence-corrected chi connectivity index (χ2v) is 7.94. The molecule has 2 amide bonds. The molecular formula is C25H21ClN2O3. The molecule has 31 heavy (non-hydrogen) atoms. The van der Waals surface area contributed by atoms with Gasteiger partial charge in [0.15, 0.2) is 5.78 Å². The van der Waals surface area contributed by atoms with Crippen LogP contribution in [0.25, 0.3) is 0 Å². The molecule has 0 atom stereocenters. The molecule has 1 N–H and O–H groups in total. The van der Waals surface area contributed by atoms with Crippen molar-refractivity contribution in [3.8, 4) is 0 Å². The van der Waals surface area contributed by atoms with E-state index < -0.39 is 0 Å². The number of ketones is 1. The number of carbonyl (C=O) groups excluding carboxylic acids is 3. The summed E-state index contributed by atoms with van der Waals surface area (Å²) in [5.41, 5.74) is 3.90. The fourth-order valence-electron chi connectivity index (χ4n) is 3.75. The second-order valence-electron chi connectivity index (χ2n) is 7.51. The topological polar surface area (TPSA) is 66.5 Å². The molecule has 1 aliphatic rings. The lowest BCUT2D eigenvalue weighted by Crippen LogP contribution is -2.35. The van der Waals surface area contributed by atoms with Gasteiger partial charge in [0.05, 0.1) is 0 Å². The predicted octanol–water partition coefficient (Wildman–Crippen LogP) is 5.39. The van der Waals surface area contributed by atoms with Crippen LogP contribution in [0.1, 0.15) is 50.0 Å². The van der Waals surface area contributed by atoms with Gasteiger partial charge < -0.3 is 10.2 Å². The fraction of sp³-hybridized carbons (Fsp3) is 0.160. The van der Waals surface area contributed by atoms with Crippen molar-refractivity contribution < 1.29 is 14.4 Å². The maximum atomic E-state index is 13.0. The number of Topliss-reactive ketones (excluding diaryl/α,β-unsaturated/α-hetero) is 1. The quantitative estimate of drug-likeness (QED) is 0.562. The van der Waals surface area contributed by atoms with E-state index in [1.165, 1.54) is 6.92 Å². The summed E-state index contributed by atoms with van der Waals surface area (Å²) in [4.78, 5) is 39.1. The number of benzene rings is 3. The molecule has 0 spiro atoms. The van der Waals surface area contributed by atoms with Crippen LogP contribution in [-0.4, -0.2) is 24.1 Å². The number of amides is 2. The maximum absolute atomic E-state index is 13.0. The van der Waals surface area contributed by atoms with Gasteiger partial charge in [0.25, 0.3) is 11.8 Å². The van der Waals surface area contributed by atoms with Gasteiger partial charge in [0.2, 0.25) is 0 Å². The lowest BCUT2D eigenvalue weighted by atomic mass is 9.98. The van der Waals surface area contributed by atoms with E-state index in [0.717, 1.165) is 24.1 Å². The molecule has 5 nitrogen and oxygen atoms in total. The first-order valence-corrected chi connectivity index (χ1v) is 10.4. The zero-order valence-electron chi connectivity index (χ0n) is 17.0. The highest BCUT2D eigenvalue weighted by atomic mass is 35.5. The molecule has 0 aliphatic carbocycles. The number of halogens is 1. The zero-order chi connectivity index (χ0) is 22.0. The number of anilines is 2. The summed E-state index contributed by atoms with van der Waals surface area (Å²) in [5, 5.41) is 3.36. The Morgan fingerprint density at radius 1 is 0.903 bits per heavy atom. The van der Waals surface area contributed by atoms with Gasteiger partial charge in [-0.05, 0) is 73.9 Å². The Kier molecular flexibility index (Phi) is 5.87. The molecule has 0 aromatic heterocycles. The SMILES string of the molecule is CC(=O)c1cccc(NC(=O)c2ccc3c(c2)CCCN3C(=O)c2cccc(Cl)c2)c1. The Morgan fingerprint density at radius 3 is 2.45 bits per heavy atom. The highest BCUT2D eigenvalue weighted by Crippen LogP contribution is 2.30. The van der Waals surface area contributed by atoms with E-state index in [9.17, 15) is 14.4 Å². The van der Waals surface area contributed by atoms with Gasteiger partial charge in [0.1, 0.15) is 0 Å². The highest BCUT2D eigenvalue weighted by molar-refractivity contribution is 6.31. The third-order valence-electron chi connectivity index (χ3n) is 5.30. The Hall–Kier alpha value is -3.44. The van der Waals surface area contributed by atoms with Crippen LogP contribution in [0.15, 0.2) is 66.7 Å². The van der Waals surface area contributed by atoms with Crippen molar-refractivity contribution in [1.29, 1.82) is 0 Å². The summed E-state index contributed by atoms with van der Waals surface area (Å²) < 4.78 is 0. The minimum atomic E-state index is -0.262. The zero-order valence-corrected chi connectivity index (χ0v) is 17.8. The molecule has 0 bridgehead atoms. The first kappa shape index (κ1) is 20.8. The average Bonchev–Trinajstić information content (AvgIpc) is 2.78. The maximum Gasteiger partial charge on any atom is 0.258 e. The van der Waals surface area contributed by atoms with Crippen molar-refractivity contribution in [1.82, 2.24) is 0 Å². The molecule has 6 heteroatoms. The minimum Gasteiger partial charge on any atom is -0.322 e. The summed E-state index contributed by atoms with van der Waals surface area (Å²) in [5.74, 6) is -0.433. The molecule has 3 aromatic carbocycles. The van der Waals surface area contributed by atoms with Crippen LogP contribution < -0.4 is 10.2 Å². The van der Waals surface area contributed by atoms with Crippen molar-refractivity contribution in [3.63, 3.8) is 0 Å². The van der Waals surface area contributed by atoms with Crippen LogP contribution in [0.5, 0.6) is 0 Å². The molecule has 0 fully saturated rings. The van der Waals surface area contributed by atoms with Crippen molar-refractivity contribution in [2.75, 3.05) is 16.8 Å². The molecule has 3 aromatic rings. The van der Waals surface area contributed by atoms with Gasteiger partial charge in [-0.25, -0.2) is 0 Å². The van der Waals surface area contributed by atoms with Crippen LogP contribution in [0.4, 0.5) is 11.4 Å². The average molecular weight is 433 g/mol. The second kappa shape index (κ2) is 8.74. The van der Waals surface area contributed by atoms with E-state index in [4.69, 9.17) is 11.6 Å². The highest BCUT2D eigenvalue weighted by Gasteiger charge is 2.24. The first-order valence-electron chi connectivity index (χ1n) is 10.0. The van der Waals surface area contributed by atoms with Gasteiger partial charge in [0, 0.05) is 39.6 Å². The number of nitrogens with zero attached hydrogens (tertiary/aromatic N) is 1. The number of rotatable bonds is 4. The summed E-state index contributed by atoms with van der Waals surface area (Å²) in [6.45, 7) is 2.10. The predicted molar refractivity (Wildman–Crippen MR) is 122 cm³/mol. The van der Waals surface area contributed by atoms with Gasteiger partial charge in [-0.2, -0.15) is 0 Å². The van der Waals surface area contributed by atoms with Gasteiger partial charge in [-0.15, -0.1) is 0 Å². The minimum absolute atomic E-state index is 0.0608. The van der Waals surface area contributed by atoms with Crippen molar-refractivity contribution in [2.24, 2.45) is 0 Å². The number of hydrogen-bond donors (Lipinski definition) is 1. The van der Waals surface area contributed by atoms with Crippen LogP contribution in [0.2, 0.25) is 5.02 Å². The van der Waals surface area contributed by atoms with E-state index >= 15 is 0 Å². The van der Waals surface area contributed by atoms with Gasteiger partial charge in [-0.1, -0.05) is 29.8 Å². The normalized spacial score (nSPS) is 12.8. The van der Waals surface area contributed by atoms with Crippen molar-refractivity contribution in [2.45, 2.75) is 19.8 Å². The van der Waals surface area contributed by atoms with Crippen LogP contribution >= 0.6 is 11.6 Å². The lowest BCUT2D eigenvalue weighted by molar-refractivity contribution is 0.0982. The number of fused-ring (bicyclic) bond motifs is 1. The summed E-state index contributed by atoms with van der Waals surface area (Å²) in [6.07, 6.45) is 1.60. The molecule has 0 radical (unpaired) electrons. The van der Waals surface area contributed by atoms with Crippen molar-refractivity contribution >= 4 is 40.6 Å². The molecule has 4 rings (SSSR count). The smallest absolute Gasteiger partial charge is 0.258 e. The van der Waals surface area contributed by atoms with E-state index in [0.29, 0.717) is 33.9 Å². The standard InChI is InChI=1S/C25H21ClN2O3/c1-16(29)17-5-3-9-22(15-17)27-24(30)19-10-11-23-18(13-19)7-4-12-28(23)25(31)20-6-2-8-21(26)14-20/h2-3,5-6,8-11,13-15H,4,7,12H2,1H3,(H,27,30). The molecule has 1 aliphatic heterocycles. The molecule has 156 valence electrons. The van der Waals surface area contributed by atoms with Crippen molar-refractivity contribution in [3.05, 3.63) is 94.0 Å². The molecular weight excluding hydrogens is 412 g/mol. The lowest BCUT2D eigenvalue weighted by Gasteiger charge is -2.30. The fourth-order valence-corrected chi connectivity index (χ4v) is 3.94. The van der Waals surface area contributed by atoms with Crippen LogP contribution in [0.3, 0.4) is 0 Å². The number of carbonyl (C=O) groups is 3. The van der Waals surface area contributed by atoms with Crippen LogP contribution in [0, 0.1) is 0 Å². The van der Waals surface area contributed by atoms with Crippen LogP contribution in [-0.2, 0) is 6.42 Å². The Balaban J connectivity index is 1.57. The van der Waals surface area contributed by atoms with Gasteiger partial charge in [-0.3, -0.25) is 14.4 Å². The Morgan fingerprint density at radius 2 is 1.68 bits per heavy atom. The van der Waals surface area contributed by atoms with E-state index in [1.54, 1.807) is 59.5 Å². The van der Waals surface area contributed by atoms with E-state index in [2.05, 4.69) is 5.32 Å². The third kappa shape index (κ3) is 4.52. The monoisotopic (exact) mass is 432 g/mol. The summed E-state index contributed by atoms with van der Waals surface area (Å²) >= 11 is 6.04. The molecule has 0 saturated heterocycles. The number of hydrogen-bond acceptors (Lipinski definition) is 3. The summed E-state index contributed by atoms with van der Waals surface area (Å²) in [7, 11) is 0. The first-order chi connectivity index (χ1) is 14.9. The molecule has 1 heterocycles. The van der Waals surface area contributed by atoms with E-state index in [1.807, 2.05) is 12.1 Å². The largest absolute Gasteiger partial charge is 0.322 e. The number of aryl methyl sites for hydroxylation is 1. The summed E-state index contributed by atoms with van der Waals surface area (Å²) in [6, 6.07) is 19.1. The Labute approximate surface area is 185 Å². The third-order valence-corrected chi connectivity index (χ3v) is 5.54. The molecule has 0 saturated carbocycles. The molecule has 0 unspecified atom stereocenters. The van der Waals surface area contributed by atoms with E-state index in [-0.39, 0.29) is 17.6 Å². The Bertz CT molecular complexity index is 1190. The number of nitrogens with one attached hydrogen (secondary N) is 1. The van der Waals surface area contributed by atoms with Gasteiger partial charge >= 0.3 is 0 Å².